The lowest BCUT2D eigenvalue weighted by Crippen LogP contribution is -2.19. The normalized spacial score (nSPS) is 13.2. The topological polar surface area (TPSA) is 126 Å². The molecule has 0 radical (unpaired) electrons. The van der Waals surface area contributed by atoms with Crippen LogP contribution < -0.4 is 26.5 Å². The van der Waals surface area contributed by atoms with E-state index in [1.54, 1.807) is 12.1 Å². The number of nitrogens with two attached hydrogens (primary N) is 1. The molecule has 1 aliphatic rings. The zero-order valence-electron chi connectivity index (χ0n) is 13.6. The Morgan fingerprint density at radius 2 is 2.00 bits per heavy atom. The minimum Gasteiger partial charge on any atom is -0.491 e. The molecule has 1 aromatic heterocycles. The summed E-state index contributed by atoms with van der Waals surface area (Å²) in [5.41, 5.74) is 6.36. The maximum Gasteiger partial charge on any atom is 0.272 e. The standard InChI is InChI=1S/C17H18N4O4/c1-25-15-8-19-13(7-14(15)22)17(24)21-12-6-9(16(18)23)2-5-11(12)20-10-3-4-10/h2,5-8,10,20H,3-4H2,1H3,(H2,18,23)(H,19,22)(H,21,24). The molecule has 0 aliphatic heterocycles. The maximum atomic E-state index is 12.4. The van der Waals surface area contributed by atoms with Gasteiger partial charge in [0.15, 0.2) is 5.75 Å². The molecule has 3 rings (SSSR count). The summed E-state index contributed by atoms with van der Waals surface area (Å²) < 4.78 is 4.87. The van der Waals surface area contributed by atoms with Crippen molar-refractivity contribution in [1.29, 1.82) is 0 Å². The summed E-state index contributed by atoms with van der Waals surface area (Å²) in [5.74, 6) is -0.991. The molecule has 130 valence electrons. The Labute approximate surface area is 143 Å². The van der Waals surface area contributed by atoms with Crippen LogP contribution in [0.3, 0.4) is 0 Å². The number of carbonyl (C=O) groups is 2. The third-order valence-electron chi connectivity index (χ3n) is 3.83. The molecule has 0 spiro atoms. The van der Waals surface area contributed by atoms with Crippen LogP contribution in [0.25, 0.3) is 0 Å². The Morgan fingerprint density at radius 3 is 2.60 bits per heavy atom. The van der Waals surface area contributed by atoms with Gasteiger partial charge in [0, 0.05) is 23.9 Å². The Morgan fingerprint density at radius 1 is 1.24 bits per heavy atom. The number of ether oxygens (including phenoxy) is 1. The summed E-state index contributed by atoms with van der Waals surface area (Å²) in [6, 6.07) is 6.31. The molecular formula is C17H18N4O4. The zero-order valence-corrected chi connectivity index (χ0v) is 13.6. The molecule has 0 unspecified atom stereocenters. The molecule has 1 saturated carbocycles. The number of amides is 2. The molecule has 0 bridgehead atoms. The fourth-order valence-corrected chi connectivity index (χ4v) is 2.31. The molecule has 1 fully saturated rings. The quantitative estimate of drug-likeness (QED) is 0.629. The van der Waals surface area contributed by atoms with Crippen LogP contribution in [0.15, 0.2) is 35.3 Å². The highest BCUT2D eigenvalue weighted by Crippen LogP contribution is 2.30. The van der Waals surface area contributed by atoms with Gasteiger partial charge in [-0.3, -0.25) is 14.4 Å². The molecule has 0 atom stereocenters. The van der Waals surface area contributed by atoms with Crippen molar-refractivity contribution in [2.75, 3.05) is 17.7 Å². The van der Waals surface area contributed by atoms with Crippen LogP contribution in [-0.4, -0.2) is 29.9 Å². The minimum atomic E-state index is -0.591. The highest BCUT2D eigenvalue weighted by molar-refractivity contribution is 6.06. The van der Waals surface area contributed by atoms with Crippen molar-refractivity contribution < 1.29 is 14.3 Å². The van der Waals surface area contributed by atoms with E-state index in [0.717, 1.165) is 18.9 Å². The van der Waals surface area contributed by atoms with Crippen LogP contribution in [-0.2, 0) is 0 Å². The van der Waals surface area contributed by atoms with Gasteiger partial charge >= 0.3 is 0 Å². The van der Waals surface area contributed by atoms with E-state index in [4.69, 9.17) is 10.5 Å². The van der Waals surface area contributed by atoms with Crippen LogP contribution >= 0.6 is 0 Å². The molecule has 5 N–H and O–H groups in total. The highest BCUT2D eigenvalue weighted by atomic mass is 16.5. The fraction of sp³-hybridized carbons (Fsp3) is 0.235. The largest absolute Gasteiger partial charge is 0.491 e. The first-order valence-corrected chi connectivity index (χ1v) is 7.76. The van der Waals surface area contributed by atoms with E-state index >= 15 is 0 Å². The van der Waals surface area contributed by atoms with Gasteiger partial charge in [-0.25, -0.2) is 0 Å². The van der Waals surface area contributed by atoms with Crippen molar-refractivity contribution in [2.45, 2.75) is 18.9 Å². The van der Waals surface area contributed by atoms with Crippen molar-refractivity contribution in [1.82, 2.24) is 4.98 Å². The summed E-state index contributed by atoms with van der Waals surface area (Å²) in [6.07, 6.45) is 3.42. The molecule has 8 nitrogen and oxygen atoms in total. The number of pyridine rings is 1. The van der Waals surface area contributed by atoms with Gasteiger partial charge < -0.3 is 26.1 Å². The molecule has 2 amide bonds. The summed E-state index contributed by atoms with van der Waals surface area (Å²) in [6.45, 7) is 0. The Balaban J connectivity index is 1.88. The lowest BCUT2D eigenvalue weighted by molar-refractivity contribution is 0.0995. The molecule has 2 aromatic rings. The summed E-state index contributed by atoms with van der Waals surface area (Å²) in [5, 5.41) is 5.98. The average Bonchev–Trinajstić information content (AvgIpc) is 3.40. The third kappa shape index (κ3) is 3.79. The predicted octanol–water partition coefficient (Wildman–Crippen LogP) is 1.31. The average molecular weight is 342 g/mol. The van der Waals surface area contributed by atoms with Crippen LogP contribution in [0.2, 0.25) is 0 Å². The number of hydrogen-bond acceptors (Lipinski definition) is 5. The third-order valence-corrected chi connectivity index (χ3v) is 3.83. The SMILES string of the molecule is COc1c[nH]c(C(=O)Nc2cc(C(N)=O)ccc2NC2CC2)cc1=O. The number of aromatic amines is 1. The van der Waals surface area contributed by atoms with Crippen LogP contribution in [0, 0.1) is 0 Å². The Kier molecular flexibility index (Phi) is 4.42. The number of hydrogen-bond donors (Lipinski definition) is 4. The highest BCUT2D eigenvalue weighted by Gasteiger charge is 2.23. The van der Waals surface area contributed by atoms with Gasteiger partial charge in [0.05, 0.1) is 18.5 Å². The molecule has 1 aliphatic carbocycles. The molecule has 25 heavy (non-hydrogen) atoms. The first kappa shape index (κ1) is 16.6. The number of rotatable bonds is 6. The van der Waals surface area contributed by atoms with E-state index in [1.807, 2.05) is 0 Å². The molecule has 8 heteroatoms. The van der Waals surface area contributed by atoms with E-state index in [2.05, 4.69) is 15.6 Å². The predicted molar refractivity (Wildman–Crippen MR) is 93.2 cm³/mol. The number of primary amides is 1. The molecule has 1 aromatic carbocycles. The lowest BCUT2D eigenvalue weighted by atomic mass is 10.1. The monoisotopic (exact) mass is 342 g/mol. The van der Waals surface area contributed by atoms with Crippen LogP contribution in [0.4, 0.5) is 11.4 Å². The van der Waals surface area contributed by atoms with Crippen molar-refractivity contribution in [3.8, 4) is 5.75 Å². The second kappa shape index (κ2) is 6.68. The fourth-order valence-electron chi connectivity index (χ4n) is 2.31. The molecule has 1 heterocycles. The first-order valence-electron chi connectivity index (χ1n) is 7.76. The van der Waals surface area contributed by atoms with E-state index < -0.39 is 17.2 Å². The van der Waals surface area contributed by atoms with Crippen molar-refractivity contribution >= 4 is 23.2 Å². The van der Waals surface area contributed by atoms with Crippen molar-refractivity contribution in [3.63, 3.8) is 0 Å². The number of nitrogens with one attached hydrogen (secondary N) is 3. The second-order valence-electron chi connectivity index (χ2n) is 5.78. The van der Waals surface area contributed by atoms with Gasteiger partial charge in [0.2, 0.25) is 11.3 Å². The number of benzene rings is 1. The molecule has 0 saturated heterocycles. The van der Waals surface area contributed by atoms with Gasteiger partial charge in [-0.1, -0.05) is 0 Å². The Hall–Kier alpha value is -3.29. The van der Waals surface area contributed by atoms with Crippen molar-refractivity contribution in [2.24, 2.45) is 5.73 Å². The minimum absolute atomic E-state index is 0.0765. The van der Waals surface area contributed by atoms with Gasteiger partial charge in [-0.2, -0.15) is 0 Å². The summed E-state index contributed by atoms with van der Waals surface area (Å²) >= 11 is 0. The maximum absolute atomic E-state index is 12.4. The smallest absolute Gasteiger partial charge is 0.272 e. The first-order chi connectivity index (χ1) is 12.0. The van der Waals surface area contributed by atoms with Gasteiger partial charge in [0.25, 0.3) is 5.91 Å². The summed E-state index contributed by atoms with van der Waals surface area (Å²) in [4.78, 5) is 38.3. The van der Waals surface area contributed by atoms with Crippen molar-refractivity contribution in [3.05, 3.63) is 51.9 Å². The van der Waals surface area contributed by atoms with Crippen LogP contribution in [0.1, 0.15) is 33.7 Å². The van der Waals surface area contributed by atoms with Gasteiger partial charge in [-0.15, -0.1) is 0 Å². The second-order valence-corrected chi connectivity index (χ2v) is 5.78. The van der Waals surface area contributed by atoms with E-state index in [9.17, 15) is 14.4 Å². The summed E-state index contributed by atoms with van der Waals surface area (Å²) in [7, 11) is 1.37. The lowest BCUT2D eigenvalue weighted by Gasteiger charge is -2.14. The van der Waals surface area contributed by atoms with E-state index in [-0.39, 0.29) is 17.0 Å². The number of carbonyl (C=O) groups excluding carboxylic acids is 2. The number of methoxy groups -OCH3 is 1. The Bertz CT molecular complexity index is 886. The number of aromatic nitrogens is 1. The van der Waals surface area contributed by atoms with E-state index in [0.29, 0.717) is 17.4 Å². The van der Waals surface area contributed by atoms with Gasteiger partial charge in [-0.05, 0) is 31.0 Å². The zero-order chi connectivity index (χ0) is 18.0. The number of H-pyrrole nitrogens is 1. The van der Waals surface area contributed by atoms with E-state index in [1.165, 1.54) is 19.4 Å². The molecular weight excluding hydrogens is 324 g/mol. The number of anilines is 2. The van der Waals surface area contributed by atoms with Gasteiger partial charge in [0.1, 0.15) is 5.69 Å². The van der Waals surface area contributed by atoms with Crippen LogP contribution in [0.5, 0.6) is 5.75 Å².